The molecule has 0 bridgehead atoms. The largest absolute Gasteiger partial charge is 0.381 e. The standard InChI is InChI=1S/C24H34N2OS/c1-3-5-12-20(4-2)19-27-18-11-17-25-24(28)26-23-16-10-9-15-22(23)21-13-7-6-8-14-21/h6-10,13-16,20H,3-5,11-12,17-19H2,1-2H3,(H2,25,26,28). The van der Waals surface area contributed by atoms with Gasteiger partial charge in [0.05, 0.1) is 0 Å². The van der Waals surface area contributed by atoms with E-state index in [0.717, 1.165) is 37.4 Å². The van der Waals surface area contributed by atoms with Crippen LogP contribution in [0.1, 0.15) is 46.0 Å². The molecule has 152 valence electrons. The molecule has 0 saturated heterocycles. The van der Waals surface area contributed by atoms with Crippen molar-refractivity contribution in [3.05, 3.63) is 54.6 Å². The van der Waals surface area contributed by atoms with Gasteiger partial charge >= 0.3 is 0 Å². The highest BCUT2D eigenvalue weighted by Crippen LogP contribution is 2.27. The van der Waals surface area contributed by atoms with Crippen LogP contribution < -0.4 is 10.6 Å². The second-order valence-corrected chi connectivity index (χ2v) is 7.55. The van der Waals surface area contributed by atoms with Gasteiger partial charge in [-0.2, -0.15) is 0 Å². The molecule has 0 heterocycles. The van der Waals surface area contributed by atoms with Crippen molar-refractivity contribution in [2.75, 3.05) is 25.1 Å². The summed E-state index contributed by atoms with van der Waals surface area (Å²) >= 11 is 5.47. The van der Waals surface area contributed by atoms with Crippen LogP contribution in [0.15, 0.2) is 54.6 Å². The van der Waals surface area contributed by atoms with Crippen LogP contribution in [0.5, 0.6) is 0 Å². The van der Waals surface area contributed by atoms with Crippen molar-refractivity contribution < 1.29 is 4.74 Å². The van der Waals surface area contributed by atoms with Gasteiger partial charge in [-0.3, -0.25) is 0 Å². The van der Waals surface area contributed by atoms with Crippen LogP contribution in [0.4, 0.5) is 5.69 Å². The Balaban J connectivity index is 1.70. The Morgan fingerprint density at radius 1 is 1.00 bits per heavy atom. The monoisotopic (exact) mass is 398 g/mol. The van der Waals surface area contributed by atoms with Crippen molar-refractivity contribution >= 4 is 23.0 Å². The SMILES string of the molecule is CCCCC(CC)COCCCNC(=S)Nc1ccccc1-c1ccccc1. The van der Waals surface area contributed by atoms with Gasteiger partial charge in [0.1, 0.15) is 0 Å². The van der Waals surface area contributed by atoms with E-state index < -0.39 is 0 Å². The van der Waals surface area contributed by atoms with Gasteiger partial charge in [0, 0.05) is 31.0 Å². The number of hydrogen-bond acceptors (Lipinski definition) is 2. The number of para-hydroxylation sites is 1. The number of ether oxygens (including phenoxy) is 1. The normalized spacial score (nSPS) is 11.8. The predicted octanol–water partition coefficient (Wildman–Crippen LogP) is 6.26. The molecular formula is C24H34N2OS. The molecule has 0 aliphatic carbocycles. The minimum atomic E-state index is 0.651. The smallest absolute Gasteiger partial charge is 0.170 e. The van der Waals surface area contributed by atoms with E-state index in [4.69, 9.17) is 17.0 Å². The fourth-order valence-electron chi connectivity index (χ4n) is 3.15. The molecule has 2 aromatic carbocycles. The summed E-state index contributed by atoms with van der Waals surface area (Å²) in [5.74, 6) is 0.699. The molecule has 0 fully saturated rings. The third-order valence-electron chi connectivity index (χ3n) is 4.91. The third-order valence-corrected chi connectivity index (χ3v) is 5.15. The molecule has 0 radical (unpaired) electrons. The lowest BCUT2D eigenvalue weighted by molar-refractivity contribution is 0.0928. The molecule has 1 unspecified atom stereocenters. The lowest BCUT2D eigenvalue weighted by Crippen LogP contribution is -2.30. The Morgan fingerprint density at radius 2 is 1.75 bits per heavy atom. The lowest BCUT2D eigenvalue weighted by atomic mass is 10.0. The van der Waals surface area contributed by atoms with Gasteiger partial charge in [0.25, 0.3) is 0 Å². The lowest BCUT2D eigenvalue weighted by Gasteiger charge is -2.16. The minimum Gasteiger partial charge on any atom is -0.381 e. The number of thiocarbonyl (C=S) groups is 1. The van der Waals surface area contributed by atoms with Crippen molar-refractivity contribution in [3.63, 3.8) is 0 Å². The van der Waals surface area contributed by atoms with E-state index in [0.29, 0.717) is 11.0 Å². The molecule has 0 aromatic heterocycles. The molecule has 2 aromatic rings. The molecule has 0 saturated carbocycles. The molecular weight excluding hydrogens is 364 g/mol. The van der Waals surface area contributed by atoms with Gasteiger partial charge in [0.2, 0.25) is 0 Å². The fourth-order valence-corrected chi connectivity index (χ4v) is 3.36. The Bertz CT molecular complexity index is 690. The fraction of sp³-hybridized carbons (Fsp3) is 0.458. The van der Waals surface area contributed by atoms with Gasteiger partial charge in [-0.15, -0.1) is 0 Å². The van der Waals surface area contributed by atoms with E-state index in [9.17, 15) is 0 Å². The Labute approximate surface area is 175 Å². The second-order valence-electron chi connectivity index (χ2n) is 7.14. The molecule has 3 nitrogen and oxygen atoms in total. The Hall–Kier alpha value is -1.91. The molecule has 0 aliphatic heterocycles. The molecule has 4 heteroatoms. The molecule has 2 rings (SSSR count). The molecule has 0 amide bonds. The minimum absolute atomic E-state index is 0.651. The summed E-state index contributed by atoms with van der Waals surface area (Å²) in [4.78, 5) is 0. The summed E-state index contributed by atoms with van der Waals surface area (Å²) in [7, 11) is 0. The topological polar surface area (TPSA) is 33.3 Å². The summed E-state index contributed by atoms with van der Waals surface area (Å²) in [5.41, 5.74) is 3.34. The summed E-state index contributed by atoms with van der Waals surface area (Å²) in [5, 5.41) is 7.27. The summed E-state index contributed by atoms with van der Waals surface area (Å²) < 4.78 is 5.86. The second kappa shape index (κ2) is 13.3. The molecule has 2 N–H and O–H groups in total. The van der Waals surface area contributed by atoms with Gasteiger partial charge in [0.15, 0.2) is 5.11 Å². The Morgan fingerprint density at radius 3 is 2.50 bits per heavy atom. The molecule has 28 heavy (non-hydrogen) atoms. The number of rotatable bonds is 12. The number of unbranched alkanes of at least 4 members (excludes halogenated alkanes) is 1. The average Bonchev–Trinajstić information content (AvgIpc) is 2.73. The Kier molecular flexibility index (Phi) is 10.6. The van der Waals surface area contributed by atoms with Gasteiger partial charge in [-0.05, 0) is 42.6 Å². The molecule has 1 atom stereocenters. The number of benzene rings is 2. The number of anilines is 1. The molecule has 0 spiro atoms. The van der Waals surface area contributed by atoms with E-state index in [1.54, 1.807) is 0 Å². The van der Waals surface area contributed by atoms with Crippen LogP contribution in [-0.4, -0.2) is 24.9 Å². The van der Waals surface area contributed by atoms with Crippen molar-refractivity contribution in [2.45, 2.75) is 46.0 Å². The van der Waals surface area contributed by atoms with Crippen molar-refractivity contribution in [2.24, 2.45) is 5.92 Å². The highest BCUT2D eigenvalue weighted by atomic mass is 32.1. The van der Waals surface area contributed by atoms with Gasteiger partial charge < -0.3 is 15.4 Å². The van der Waals surface area contributed by atoms with Crippen LogP contribution in [0.3, 0.4) is 0 Å². The summed E-state index contributed by atoms with van der Waals surface area (Å²) in [6, 6.07) is 18.6. The highest BCUT2D eigenvalue weighted by molar-refractivity contribution is 7.80. The zero-order valence-electron chi connectivity index (χ0n) is 17.2. The van der Waals surface area contributed by atoms with E-state index in [1.807, 2.05) is 30.3 Å². The van der Waals surface area contributed by atoms with E-state index in [2.05, 4.69) is 48.7 Å². The third kappa shape index (κ3) is 7.99. The van der Waals surface area contributed by atoms with Crippen LogP contribution in [0.25, 0.3) is 11.1 Å². The van der Waals surface area contributed by atoms with E-state index >= 15 is 0 Å². The first-order chi connectivity index (χ1) is 13.7. The van der Waals surface area contributed by atoms with Gasteiger partial charge in [-0.25, -0.2) is 0 Å². The maximum Gasteiger partial charge on any atom is 0.170 e. The number of nitrogens with one attached hydrogen (secondary N) is 2. The first kappa shape index (κ1) is 22.4. The maximum atomic E-state index is 5.86. The number of hydrogen-bond donors (Lipinski definition) is 2. The quantitative estimate of drug-likeness (QED) is 0.326. The zero-order chi connectivity index (χ0) is 20.0. The average molecular weight is 399 g/mol. The van der Waals surface area contributed by atoms with Crippen molar-refractivity contribution in [1.29, 1.82) is 0 Å². The first-order valence-electron chi connectivity index (χ1n) is 10.5. The van der Waals surface area contributed by atoms with Crippen LogP contribution in [0.2, 0.25) is 0 Å². The predicted molar refractivity (Wildman–Crippen MR) is 125 cm³/mol. The zero-order valence-corrected chi connectivity index (χ0v) is 18.1. The highest BCUT2D eigenvalue weighted by Gasteiger charge is 2.07. The van der Waals surface area contributed by atoms with Crippen LogP contribution in [0, 0.1) is 5.92 Å². The first-order valence-corrected chi connectivity index (χ1v) is 10.9. The summed E-state index contributed by atoms with van der Waals surface area (Å²) in [6.07, 6.45) is 5.99. The van der Waals surface area contributed by atoms with Crippen molar-refractivity contribution in [1.82, 2.24) is 5.32 Å². The maximum absolute atomic E-state index is 5.86. The van der Waals surface area contributed by atoms with Crippen molar-refractivity contribution in [3.8, 4) is 11.1 Å². The summed E-state index contributed by atoms with van der Waals surface area (Å²) in [6.45, 7) is 6.96. The van der Waals surface area contributed by atoms with Gasteiger partial charge in [-0.1, -0.05) is 81.6 Å². The molecule has 0 aliphatic rings. The van der Waals surface area contributed by atoms with E-state index in [-0.39, 0.29) is 0 Å². The van der Waals surface area contributed by atoms with E-state index in [1.165, 1.54) is 31.2 Å². The van der Waals surface area contributed by atoms with Crippen LogP contribution >= 0.6 is 12.2 Å². The van der Waals surface area contributed by atoms with Crippen LogP contribution in [-0.2, 0) is 4.74 Å².